The molecule has 2 aromatic rings. The van der Waals surface area contributed by atoms with Crippen LogP contribution < -0.4 is 0 Å². The summed E-state index contributed by atoms with van der Waals surface area (Å²) in [5.74, 6) is 0.935. The van der Waals surface area contributed by atoms with Gasteiger partial charge in [-0.1, -0.05) is 42.9 Å². The average Bonchev–Trinajstić information content (AvgIpc) is 2.29. The Morgan fingerprint density at radius 3 is 2.65 bits per heavy atom. The summed E-state index contributed by atoms with van der Waals surface area (Å²) in [4.78, 5) is 7.60. The Balaban J connectivity index is 2.44. The molecule has 2 rings (SSSR count). The topological polar surface area (TPSA) is 28.7 Å². The number of aromatic amines is 1. The smallest absolute Gasteiger partial charge is 0.130 e. The lowest BCUT2D eigenvalue weighted by molar-refractivity contribution is 0.833. The van der Waals surface area contributed by atoms with Gasteiger partial charge in [0.2, 0.25) is 0 Å². The molecule has 1 aromatic heterocycles. The molecule has 1 N–H and O–H groups in total. The van der Waals surface area contributed by atoms with E-state index >= 15 is 0 Å². The molecular weight excluding hydrogens is 252 g/mol. The Morgan fingerprint density at radius 2 is 2.00 bits per heavy atom. The maximum absolute atomic E-state index is 5.87. The lowest BCUT2D eigenvalue weighted by Crippen LogP contribution is -1.96. The van der Waals surface area contributed by atoms with Gasteiger partial charge in [0.15, 0.2) is 0 Å². The summed E-state index contributed by atoms with van der Waals surface area (Å²) in [6, 6.07) is 9.55. The van der Waals surface area contributed by atoms with E-state index < -0.39 is 0 Å². The van der Waals surface area contributed by atoms with E-state index in [2.05, 4.69) is 16.9 Å². The third-order valence-electron chi connectivity index (χ3n) is 2.43. The van der Waals surface area contributed by atoms with Crippen LogP contribution >= 0.6 is 23.8 Å². The van der Waals surface area contributed by atoms with Crippen LogP contribution in [0, 0.1) is 4.64 Å². The zero-order valence-corrected chi connectivity index (χ0v) is 11.1. The average molecular weight is 265 g/mol. The predicted octanol–water partition coefficient (Wildman–Crippen LogP) is 4.41. The molecule has 0 saturated heterocycles. The van der Waals surface area contributed by atoms with E-state index in [9.17, 15) is 0 Å². The third-order valence-corrected chi connectivity index (χ3v) is 2.90. The van der Waals surface area contributed by atoms with Crippen molar-refractivity contribution in [1.82, 2.24) is 9.97 Å². The summed E-state index contributed by atoms with van der Waals surface area (Å²) in [5.41, 5.74) is 2.06. The van der Waals surface area contributed by atoms with Gasteiger partial charge in [-0.2, -0.15) is 0 Å². The molecular formula is C13H13ClN2S. The van der Waals surface area contributed by atoms with Crippen molar-refractivity contribution in [3.8, 4) is 11.3 Å². The van der Waals surface area contributed by atoms with Crippen molar-refractivity contribution < 1.29 is 0 Å². The quantitative estimate of drug-likeness (QED) is 0.832. The number of H-pyrrole nitrogens is 1. The van der Waals surface area contributed by atoms with Crippen molar-refractivity contribution in [3.63, 3.8) is 0 Å². The van der Waals surface area contributed by atoms with Crippen LogP contribution in [0.2, 0.25) is 5.02 Å². The molecule has 1 heterocycles. The van der Waals surface area contributed by atoms with E-state index in [-0.39, 0.29) is 0 Å². The Hall–Kier alpha value is -1.19. The third kappa shape index (κ3) is 3.14. The van der Waals surface area contributed by atoms with Gasteiger partial charge in [0, 0.05) is 17.1 Å². The number of nitrogens with one attached hydrogen (secondary N) is 1. The summed E-state index contributed by atoms with van der Waals surface area (Å²) < 4.78 is 0.622. The maximum Gasteiger partial charge on any atom is 0.130 e. The molecule has 88 valence electrons. The van der Waals surface area contributed by atoms with Crippen LogP contribution in [0.1, 0.15) is 19.2 Å². The molecule has 0 saturated carbocycles. The number of nitrogens with zero attached hydrogens (tertiary/aromatic N) is 1. The lowest BCUT2D eigenvalue weighted by atomic mass is 10.1. The SMILES string of the molecule is CCCc1nc(=S)cc(-c2ccc(Cl)cc2)[nH]1. The fourth-order valence-electron chi connectivity index (χ4n) is 1.65. The highest BCUT2D eigenvalue weighted by Crippen LogP contribution is 2.19. The van der Waals surface area contributed by atoms with Crippen molar-refractivity contribution in [2.24, 2.45) is 0 Å². The standard InChI is InChI=1S/C13H13ClN2S/c1-2-3-12-15-11(8-13(17)16-12)9-4-6-10(14)7-5-9/h4-8H,2-3H2,1H3,(H,15,16,17). The molecule has 4 heteroatoms. The fraction of sp³-hybridized carbons (Fsp3) is 0.231. The first-order valence-corrected chi connectivity index (χ1v) is 6.34. The summed E-state index contributed by atoms with van der Waals surface area (Å²) in [7, 11) is 0. The molecule has 0 amide bonds. The van der Waals surface area contributed by atoms with Gasteiger partial charge in [-0.3, -0.25) is 0 Å². The lowest BCUT2D eigenvalue weighted by Gasteiger charge is -2.05. The van der Waals surface area contributed by atoms with Crippen molar-refractivity contribution in [2.45, 2.75) is 19.8 Å². The zero-order chi connectivity index (χ0) is 12.3. The first kappa shape index (κ1) is 12.3. The van der Waals surface area contributed by atoms with Crippen molar-refractivity contribution in [1.29, 1.82) is 0 Å². The summed E-state index contributed by atoms with van der Waals surface area (Å²) >= 11 is 11.0. The minimum Gasteiger partial charge on any atom is -0.343 e. The molecule has 0 radical (unpaired) electrons. The largest absolute Gasteiger partial charge is 0.343 e. The molecule has 0 atom stereocenters. The zero-order valence-electron chi connectivity index (χ0n) is 9.53. The number of rotatable bonds is 3. The number of halogens is 1. The van der Waals surface area contributed by atoms with Crippen LogP contribution in [0.5, 0.6) is 0 Å². The summed E-state index contributed by atoms with van der Waals surface area (Å²) in [6.07, 6.45) is 1.95. The molecule has 0 aliphatic rings. The van der Waals surface area contributed by atoms with Gasteiger partial charge in [0.05, 0.1) is 0 Å². The number of hydrogen-bond acceptors (Lipinski definition) is 2. The molecule has 0 bridgehead atoms. The minimum absolute atomic E-state index is 0.622. The maximum atomic E-state index is 5.87. The van der Waals surface area contributed by atoms with Crippen LogP contribution in [-0.2, 0) is 6.42 Å². The van der Waals surface area contributed by atoms with E-state index in [0.29, 0.717) is 4.64 Å². The number of hydrogen-bond donors (Lipinski definition) is 1. The molecule has 0 aliphatic carbocycles. The molecule has 0 aliphatic heterocycles. The highest BCUT2D eigenvalue weighted by atomic mass is 35.5. The van der Waals surface area contributed by atoms with Crippen LogP contribution in [0.15, 0.2) is 30.3 Å². The van der Waals surface area contributed by atoms with Crippen molar-refractivity contribution >= 4 is 23.8 Å². The van der Waals surface area contributed by atoms with Gasteiger partial charge in [-0.15, -0.1) is 0 Å². The fourth-order valence-corrected chi connectivity index (χ4v) is 2.00. The van der Waals surface area contributed by atoms with E-state index in [1.54, 1.807) is 0 Å². The highest BCUT2D eigenvalue weighted by Gasteiger charge is 2.01. The Labute approximate surface area is 111 Å². The van der Waals surface area contributed by atoms with Gasteiger partial charge in [0.25, 0.3) is 0 Å². The Morgan fingerprint density at radius 1 is 1.29 bits per heavy atom. The normalized spacial score (nSPS) is 10.5. The van der Waals surface area contributed by atoms with E-state index in [0.717, 1.165) is 34.9 Å². The van der Waals surface area contributed by atoms with Gasteiger partial charge < -0.3 is 4.98 Å². The first-order valence-electron chi connectivity index (χ1n) is 5.55. The van der Waals surface area contributed by atoms with Crippen LogP contribution in [0.25, 0.3) is 11.3 Å². The Bertz CT molecular complexity index is 560. The number of aryl methyl sites for hydroxylation is 1. The Kier molecular flexibility index (Phi) is 3.92. The summed E-state index contributed by atoms with van der Waals surface area (Å²) in [6.45, 7) is 2.12. The molecule has 1 aromatic carbocycles. The first-order chi connectivity index (χ1) is 8.19. The van der Waals surface area contributed by atoms with Gasteiger partial charge in [0.1, 0.15) is 10.5 Å². The molecule has 0 spiro atoms. The van der Waals surface area contributed by atoms with Gasteiger partial charge >= 0.3 is 0 Å². The van der Waals surface area contributed by atoms with Crippen LogP contribution in [0.4, 0.5) is 0 Å². The minimum atomic E-state index is 0.622. The predicted molar refractivity (Wildman–Crippen MR) is 73.9 cm³/mol. The van der Waals surface area contributed by atoms with Gasteiger partial charge in [-0.05, 0) is 30.2 Å². The molecule has 17 heavy (non-hydrogen) atoms. The van der Waals surface area contributed by atoms with E-state index in [1.807, 2.05) is 30.3 Å². The summed E-state index contributed by atoms with van der Waals surface area (Å²) in [5, 5.41) is 0.732. The number of benzene rings is 1. The second kappa shape index (κ2) is 5.43. The highest BCUT2D eigenvalue weighted by molar-refractivity contribution is 7.71. The van der Waals surface area contributed by atoms with E-state index in [1.165, 1.54) is 0 Å². The van der Waals surface area contributed by atoms with Crippen molar-refractivity contribution in [3.05, 3.63) is 45.8 Å². The molecule has 0 unspecified atom stereocenters. The van der Waals surface area contributed by atoms with Crippen LogP contribution in [-0.4, -0.2) is 9.97 Å². The number of aromatic nitrogens is 2. The second-order valence-corrected chi connectivity index (χ2v) is 4.69. The van der Waals surface area contributed by atoms with E-state index in [4.69, 9.17) is 23.8 Å². The second-order valence-electron chi connectivity index (χ2n) is 3.84. The van der Waals surface area contributed by atoms with Crippen LogP contribution in [0.3, 0.4) is 0 Å². The molecule has 2 nitrogen and oxygen atoms in total. The molecule has 0 fully saturated rings. The van der Waals surface area contributed by atoms with Gasteiger partial charge in [-0.25, -0.2) is 4.98 Å². The van der Waals surface area contributed by atoms with Crippen molar-refractivity contribution in [2.75, 3.05) is 0 Å². The monoisotopic (exact) mass is 264 g/mol.